The number of ether oxygens (including phenoxy) is 1. The number of methoxy groups -OCH3 is 1. The van der Waals surface area contributed by atoms with Crippen molar-refractivity contribution in [3.05, 3.63) is 115 Å². The van der Waals surface area contributed by atoms with E-state index in [4.69, 9.17) is 9.15 Å². The van der Waals surface area contributed by atoms with Gasteiger partial charge in [0, 0.05) is 51.4 Å². The average Bonchev–Trinajstić information content (AvgIpc) is 3.43. The molecule has 6 aromatic rings. The first-order chi connectivity index (χ1) is 21.7. The van der Waals surface area contributed by atoms with E-state index in [1.54, 1.807) is 17.0 Å². The minimum atomic E-state index is -0.413. The normalized spacial score (nSPS) is 11.4. The molecule has 0 radical (unpaired) electrons. The number of hydrogen-bond acceptors (Lipinski definition) is 7. The lowest BCUT2D eigenvalue weighted by molar-refractivity contribution is 0.0792. The molecule has 0 bridgehead atoms. The number of amides is 2. The highest BCUT2D eigenvalue weighted by Crippen LogP contribution is 2.35. The number of nitrogens with one attached hydrogen (secondary N) is 2. The van der Waals surface area contributed by atoms with Gasteiger partial charge in [-0.15, -0.1) is 0 Å². The highest BCUT2D eigenvalue weighted by molar-refractivity contribution is 6.09. The Kier molecular flexibility index (Phi) is 7.91. The smallest absolute Gasteiger partial charge is 0.410 e. The third kappa shape index (κ3) is 6.33. The quantitative estimate of drug-likeness (QED) is 0.190. The van der Waals surface area contributed by atoms with E-state index in [1.165, 1.54) is 13.4 Å². The van der Waals surface area contributed by atoms with Crippen molar-refractivity contribution in [2.75, 3.05) is 17.7 Å². The molecular weight excluding hydrogens is 566 g/mol. The molecule has 0 aliphatic heterocycles. The first-order valence-electron chi connectivity index (χ1n) is 14.6. The highest BCUT2D eigenvalue weighted by Gasteiger charge is 2.27. The van der Waals surface area contributed by atoms with Crippen LogP contribution >= 0.6 is 0 Å². The van der Waals surface area contributed by atoms with E-state index in [0.717, 1.165) is 44.4 Å². The van der Waals surface area contributed by atoms with Crippen LogP contribution in [-0.2, 0) is 11.3 Å². The number of carbonyl (C=O) groups is 2. The summed E-state index contributed by atoms with van der Waals surface area (Å²) in [6.45, 7) is 6.21. The molecule has 0 saturated carbocycles. The van der Waals surface area contributed by atoms with Gasteiger partial charge in [-0.2, -0.15) is 0 Å². The van der Waals surface area contributed by atoms with E-state index < -0.39 is 11.6 Å². The van der Waals surface area contributed by atoms with Gasteiger partial charge < -0.3 is 19.8 Å². The molecule has 45 heavy (non-hydrogen) atoms. The predicted octanol–water partition coefficient (Wildman–Crippen LogP) is 8.41. The lowest BCUT2D eigenvalue weighted by Gasteiger charge is -2.34. The number of furan rings is 1. The van der Waals surface area contributed by atoms with Gasteiger partial charge >= 0.3 is 6.09 Å². The van der Waals surface area contributed by atoms with Crippen molar-refractivity contribution >= 4 is 51.1 Å². The maximum atomic E-state index is 12.9. The Morgan fingerprint density at radius 1 is 0.844 bits per heavy atom. The molecule has 226 valence electrons. The largest absolute Gasteiger partial charge is 0.455 e. The Balaban J connectivity index is 1.11. The number of hydrogen-bond donors (Lipinski definition) is 2. The van der Waals surface area contributed by atoms with Crippen molar-refractivity contribution in [2.45, 2.75) is 32.9 Å². The standard InChI is InChI=1S/C36H33N5O4/c1-36(2,3)41(35(43)44-4)21-23-12-14-24(15-13-23)34(42)40-26-18-16-25(17-19-26)39-32-20-30(37-22-38-32)29-10-7-9-28-27-8-5-6-11-31(27)45-33(28)29/h5-20,22H,21H2,1-4H3,(H,40,42)(H,37,38,39). The number of rotatable bonds is 7. The number of aromatic nitrogens is 2. The fraction of sp³-hybridized carbons (Fsp3) is 0.167. The molecule has 2 N–H and O–H groups in total. The summed E-state index contributed by atoms with van der Waals surface area (Å²) in [7, 11) is 1.37. The fourth-order valence-corrected chi connectivity index (χ4v) is 5.14. The number of benzene rings is 4. The van der Waals surface area contributed by atoms with Crippen molar-refractivity contribution in [1.82, 2.24) is 14.9 Å². The molecule has 9 heteroatoms. The summed E-state index contributed by atoms with van der Waals surface area (Å²) < 4.78 is 11.1. The molecule has 0 atom stereocenters. The molecule has 2 amide bonds. The lowest BCUT2D eigenvalue weighted by atomic mass is 10.0. The maximum absolute atomic E-state index is 12.9. The van der Waals surface area contributed by atoms with Crippen LogP contribution in [0.5, 0.6) is 0 Å². The third-order valence-electron chi connectivity index (χ3n) is 7.52. The van der Waals surface area contributed by atoms with Gasteiger partial charge in [0.25, 0.3) is 5.91 Å². The summed E-state index contributed by atoms with van der Waals surface area (Å²) in [4.78, 5) is 35.7. The summed E-state index contributed by atoms with van der Waals surface area (Å²) >= 11 is 0. The van der Waals surface area contributed by atoms with Crippen molar-refractivity contribution in [3.63, 3.8) is 0 Å². The van der Waals surface area contributed by atoms with E-state index in [1.807, 2.05) is 93.6 Å². The molecule has 0 saturated heterocycles. The van der Waals surface area contributed by atoms with E-state index in [9.17, 15) is 9.59 Å². The number of carbonyl (C=O) groups excluding carboxylic acids is 2. The van der Waals surface area contributed by atoms with E-state index in [0.29, 0.717) is 23.6 Å². The Bertz CT molecular complexity index is 1990. The molecule has 0 spiro atoms. The first-order valence-corrected chi connectivity index (χ1v) is 14.6. The zero-order chi connectivity index (χ0) is 31.6. The van der Waals surface area contributed by atoms with Crippen LogP contribution in [0.25, 0.3) is 33.2 Å². The van der Waals surface area contributed by atoms with Gasteiger partial charge in [0.05, 0.1) is 12.8 Å². The second-order valence-electron chi connectivity index (χ2n) is 11.6. The van der Waals surface area contributed by atoms with Gasteiger partial charge in [0.2, 0.25) is 0 Å². The van der Waals surface area contributed by atoms with Crippen LogP contribution in [0, 0.1) is 0 Å². The molecule has 2 heterocycles. The fourth-order valence-electron chi connectivity index (χ4n) is 5.14. The molecular formula is C36H33N5O4. The van der Waals surface area contributed by atoms with Gasteiger partial charge in [-0.3, -0.25) is 9.69 Å². The van der Waals surface area contributed by atoms with Gasteiger partial charge in [0.15, 0.2) is 0 Å². The minimum Gasteiger partial charge on any atom is -0.455 e. The van der Waals surface area contributed by atoms with Crippen molar-refractivity contribution in [3.8, 4) is 11.3 Å². The van der Waals surface area contributed by atoms with E-state index in [-0.39, 0.29) is 5.91 Å². The van der Waals surface area contributed by atoms with Crippen LogP contribution in [0.4, 0.5) is 22.0 Å². The monoisotopic (exact) mass is 599 g/mol. The number of nitrogens with zero attached hydrogens (tertiary/aromatic N) is 3. The molecule has 6 rings (SSSR count). The van der Waals surface area contributed by atoms with Crippen LogP contribution in [-0.4, -0.2) is 39.5 Å². The Morgan fingerprint density at radius 2 is 1.56 bits per heavy atom. The summed E-state index contributed by atoms with van der Waals surface area (Å²) in [6.07, 6.45) is 1.12. The summed E-state index contributed by atoms with van der Waals surface area (Å²) in [5.74, 6) is 0.394. The van der Waals surface area contributed by atoms with Crippen molar-refractivity contribution in [1.29, 1.82) is 0 Å². The van der Waals surface area contributed by atoms with Crippen LogP contribution in [0.15, 0.2) is 108 Å². The lowest BCUT2D eigenvalue weighted by Crippen LogP contribution is -2.44. The predicted molar refractivity (Wildman–Crippen MR) is 177 cm³/mol. The Labute approximate surface area is 260 Å². The zero-order valence-electron chi connectivity index (χ0n) is 25.5. The molecule has 9 nitrogen and oxygen atoms in total. The van der Waals surface area contributed by atoms with Gasteiger partial charge in [-0.05, 0) is 74.9 Å². The zero-order valence-corrected chi connectivity index (χ0v) is 25.5. The summed E-state index contributed by atoms with van der Waals surface area (Å²) in [5.41, 5.74) is 5.68. The van der Waals surface area contributed by atoms with Crippen LogP contribution in [0.3, 0.4) is 0 Å². The maximum Gasteiger partial charge on any atom is 0.410 e. The third-order valence-corrected chi connectivity index (χ3v) is 7.52. The molecule has 0 fully saturated rings. The van der Waals surface area contributed by atoms with E-state index >= 15 is 0 Å². The van der Waals surface area contributed by atoms with Gasteiger partial charge in [0.1, 0.15) is 23.3 Å². The Hall–Kier alpha value is -5.70. The molecule has 4 aromatic carbocycles. The topological polar surface area (TPSA) is 110 Å². The van der Waals surface area contributed by atoms with Crippen LogP contribution < -0.4 is 10.6 Å². The van der Waals surface area contributed by atoms with Gasteiger partial charge in [-0.1, -0.05) is 42.5 Å². The summed E-state index contributed by atoms with van der Waals surface area (Å²) in [5, 5.41) is 8.35. The van der Waals surface area contributed by atoms with Crippen molar-refractivity contribution in [2.24, 2.45) is 0 Å². The second kappa shape index (κ2) is 12.1. The first kappa shape index (κ1) is 29.4. The van der Waals surface area contributed by atoms with Crippen LogP contribution in [0.2, 0.25) is 0 Å². The molecule has 0 unspecified atom stereocenters. The second-order valence-corrected chi connectivity index (χ2v) is 11.6. The highest BCUT2D eigenvalue weighted by atomic mass is 16.5. The SMILES string of the molecule is COC(=O)N(Cc1ccc(C(=O)Nc2ccc(Nc3cc(-c4cccc5c4oc4ccccc45)ncn3)cc2)cc1)C(C)(C)C. The molecule has 2 aromatic heterocycles. The summed E-state index contributed by atoms with van der Waals surface area (Å²) in [6, 6.07) is 30.5. The van der Waals surface area contributed by atoms with Gasteiger partial charge in [-0.25, -0.2) is 14.8 Å². The molecule has 0 aliphatic rings. The van der Waals surface area contributed by atoms with E-state index in [2.05, 4.69) is 32.7 Å². The minimum absolute atomic E-state index is 0.233. The number of fused-ring (bicyclic) bond motifs is 3. The van der Waals surface area contributed by atoms with Crippen LogP contribution in [0.1, 0.15) is 36.7 Å². The number of para-hydroxylation sites is 2. The Morgan fingerprint density at radius 3 is 2.29 bits per heavy atom. The molecule has 0 aliphatic carbocycles. The average molecular weight is 600 g/mol. The van der Waals surface area contributed by atoms with Crippen molar-refractivity contribution < 1.29 is 18.7 Å². The number of anilines is 3.